The van der Waals surface area contributed by atoms with Crippen LogP contribution in [0, 0.1) is 16.7 Å². The van der Waals surface area contributed by atoms with Gasteiger partial charge in [0.15, 0.2) is 0 Å². The number of methoxy groups -OCH3 is 1. The summed E-state index contributed by atoms with van der Waals surface area (Å²) in [6.45, 7) is 12.7. The minimum absolute atomic E-state index is 0.00857. The maximum Gasteiger partial charge on any atom is 0.146 e. The van der Waals surface area contributed by atoms with Crippen LogP contribution in [0.3, 0.4) is 0 Å². The van der Waals surface area contributed by atoms with Crippen LogP contribution in [0.5, 0.6) is 5.75 Å². The van der Waals surface area contributed by atoms with Crippen molar-refractivity contribution in [2.75, 3.05) is 7.11 Å². The van der Waals surface area contributed by atoms with Crippen molar-refractivity contribution >= 4 is 11.4 Å². The van der Waals surface area contributed by atoms with E-state index >= 15 is 0 Å². The van der Waals surface area contributed by atoms with Gasteiger partial charge in [0, 0.05) is 11.3 Å². The van der Waals surface area contributed by atoms with Crippen molar-refractivity contribution in [1.29, 1.82) is 0 Å². The molecule has 1 aliphatic carbocycles. The summed E-state index contributed by atoms with van der Waals surface area (Å²) < 4.78 is 5.33. The topological polar surface area (TPSA) is 26.3 Å². The second-order valence-corrected chi connectivity index (χ2v) is 10.2. The van der Waals surface area contributed by atoms with Crippen LogP contribution in [0.1, 0.15) is 58.6 Å². The lowest BCUT2D eigenvalue weighted by Gasteiger charge is -2.40. The van der Waals surface area contributed by atoms with E-state index in [1.165, 1.54) is 11.1 Å². The van der Waals surface area contributed by atoms with Gasteiger partial charge in [-0.15, -0.1) is 0 Å². The fourth-order valence-electron chi connectivity index (χ4n) is 4.17. The quantitative estimate of drug-likeness (QED) is 0.546. The van der Waals surface area contributed by atoms with Crippen LogP contribution in [0.15, 0.2) is 72.3 Å². The van der Waals surface area contributed by atoms with E-state index in [4.69, 9.17) is 4.74 Å². The Kier molecular flexibility index (Phi) is 6.08. The molecule has 0 N–H and O–H groups in total. The van der Waals surface area contributed by atoms with Crippen molar-refractivity contribution in [2.45, 2.75) is 47.5 Å². The Labute approximate surface area is 181 Å². The summed E-state index contributed by atoms with van der Waals surface area (Å²) in [6.07, 6.45) is 4.52. The molecule has 0 saturated carbocycles. The van der Waals surface area contributed by atoms with Crippen LogP contribution in [-0.4, -0.2) is 12.9 Å². The van der Waals surface area contributed by atoms with Gasteiger partial charge in [0.25, 0.3) is 0 Å². The molecule has 158 valence electrons. The Hall–Kier alpha value is -2.61. The minimum atomic E-state index is -0.409. The number of hydrogen-bond acceptors (Lipinski definition) is 2. The summed E-state index contributed by atoms with van der Waals surface area (Å²) in [7, 11) is 1.68. The van der Waals surface area contributed by atoms with Gasteiger partial charge in [-0.1, -0.05) is 102 Å². The molecule has 0 amide bonds. The van der Waals surface area contributed by atoms with Crippen molar-refractivity contribution in [3.63, 3.8) is 0 Å². The predicted molar refractivity (Wildman–Crippen MR) is 126 cm³/mol. The average molecular weight is 403 g/mol. The van der Waals surface area contributed by atoms with Crippen molar-refractivity contribution in [2.24, 2.45) is 16.7 Å². The van der Waals surface area contributed by atoms with Crippen molar-refractivity contribution < 1.29 is 9.53 Å². The van der Waals surface area contributed by atoms with Gasteiger partial charge >= 0.3 is 0 Å². The normalized spacial score (nSPS) is 19.7. The van der Waals surface area contributed by atoms with E-state index in [0.29, 0.717) is 5.78 Å². The Morgan fingerprint density at radius 3 is 1.97 bits per heavy atom. The Balaban J connectivity index is 2.20. The molecule has 0 saturated heterocycles. The summed E-state index contributed by atoms with van der Waals surface area (Å²) in [5.74, 6) is 0.974. The van der Waals surface area contributed by atoms with Gasteiger partial charge in [-0.25, -0.2) is 0 Å². The van der Waals surface area contributed by atoms with Crippen molar-refractivity contribution in [3.8, 4) is 5.75 Å². The summed E-state index contributed by atoms with van der Waals surface area (Å²) in [5, 5.41) is 0. The van der Waals surface area contributed by atoms with Gasteiger partial charge in [-0.3, -0.25) is 4.79 Å². The Bertz CT molecular complexity index is 948. The predicted octanol–water partition coefficient (Wildman–Crippen LogP) is 7.08. The molecule has 0 fully saturated rings. The average Bonchev–Trinajstić information content (AvgIpc) is 2.71. The number of ether oxygens (including phenoxy) is 1. The van der Waals surface area contributed by atoms with Crippen LogP contribution in [0.2, 0.25) is 0 Å². The Morgan fingerprint density at radius 1 is 0.867 bits per heavy atom. The number of carbonyl (C=O) groups is 1. The molecular formula is C28H34O2. The number of allylic oxidation sites excluding steroid dienone is 4. The summed E-state index contributed by atoms with van der Waals surface area (Å²) in [6, 6.07) is 18.6. The molecule has 1 aliphatic rings. The third-order valence-electron chi connectivity index (χ3n) is 5.86. The third-order valence-corrected chi connectivity index (χ3v) is 5.86. The van der Waals surface area contributed by atoms with Crippen LogP contribution < -0.4 is 4.74 Å². The van der Waals surface area contributed by atoms with Gasteiger partial charge < -0.3 is 4.74 Å². The number of Topliss-reactive ketones (excluding diaryl/α,β-unsaturated/α-hetero) is 1. The fraction of sp³-hybridized carbons (Fsp3) is 0.393. The fourth-order valence-corrected chi connectivity index (χ4v) is 4.17. The maximum absolute atomic E-state index is 13.7. The van der Waals surface area contributed by atoms with Crippen LogP contribution in [0.4, 0.5) is 0 Å². The molecule has 0 bridgehead atoms. The second-order valence-electron chi connectivity index (χ2n) is 10.2. The highest BCUT2D eigenvalue weighted by Crippen LogP contribution is 2.48. The van der Waals surface area contributed by atoms with Gasteiger partial charge in [0.05, 0.1) is 13.0 Å². The first-order valence-electron chi connectivity index (χ1n) is 10.7. The van der Waals surface area contributed by atoms with Crippen LogP contribution in [-0.2, 0) is 4.79 Å². The Morgan fingerprint density at radius 2 is 1.47 bits per heavy atom. The third kappa shape index (κ3) is 4.59. The highest BCUT2D eigenvalue weighted by atomic mass is 16.5. The summed E-state index contributed by atoms with van der Waals surface area (Å²) >= 11 is 0. The van der Waals surface area contributed by atoms with E-state index in [1.807, 2.05) is 39.0 Å². The zero-order valence-electron chi connectivity index (χ0n) is 19.3. The van der Waals surface area contributed by atoms with Crippen molar-refractivity contribution in [1.82, 2.24) is 0 Å². The zero-order chi connectivity index (χ0) is 22.1. The monoisotopic (exact) mass is 402 g/mol. The molecular weight excluding hydrogens is 368 g/mol. The molecule has 2 nitrogen and oxygen atoms in total. The zero-order valence-corrected chi connectivity index (χ0v) is 19.3. The first kappa shape index (κ1) is 22.1. The van der Waals surface area contributed by atoms with Crippen LogP contribution >= 0.6 is 0 Å². The molecule has 2 heteroatoms. The number of carbonyl (C=O) groups excluding carboxylic acids is 1. The first-order chi connectivity index (χ1) is 14.0. The largest absolute Gasteiger partial charge is 0.497 e. The lowest BCUT2D eigenvalue weighted by molar-refractivity contribution is -0.130. The first-order valence-corrected chi connectivity index (χ1v) is 10.7. The smallest absolute Gasteiger partial charge is 0.146 e. The molecule has 0 unspecified atom stereocenters. The molecule has 0 radical (unpaired) electrons. The van der Waals surface area contributed by atoms with Gasteiger partial charge in [-0.05, 0) is 34.2 Å². The number of hydrogen-bond donors (Lipinski definition) is 0. The van der Waals surface area contributed by atoms with E-state index in [9.17, 15) is 4.79 Å². The van der Waals surface area contributed by atoms with E-state index in [0.717, 1.165) is 16.9 Å². The number of rotatable bonds is 4. The van der Waals surface area contributed by atoms with E-state index in [1.54, 1.807) is 7.11 Å². The summed E-state index contributed by atoms with van der Waals surface area (Å²) in [5.41, 5.74) is 4.15. The second kappa shape index (κ2) is 8.26. The molecule has 2 atom stereocenters. The number of benzene rings is 2. The van der Waals surface area contributed by atoms with Crippen molar-refractivity contribution in [3.05, 3.63) is 83.4 Å². The molecule has 0 aliphatic heterocycles. The van der Waals surface area contributed by atoms with Gasteiger partial charge in [0.1, 0.15) is 11.5 Å². The molecule has 2 aromatic carbocycles. The SMILES string of the molecule is COc1ccc(C2=C[C@H](c3ccccc3)[C@H](C(=O)C(C)(C)C)C(C(C)(C)C)=C2)cc1. The molecule has 30 heavy (non-hydrogen) atoms. The maximum atomic E-state index is 13.7. The van der Waals surface area contributed by atoms with Crippen LogP contribution in [0.25, 0.3) is 5.57 Å². The van der Waals surface area contributed by atoms with E-state index < -0.39 is 5.41 Å². The highest BCUT2D eigenvalue weighted by molar-refractivity contribution is 5.92. The highest BCUT2D eigenvalue weighted by Gasteiger charge is 2.42. The van der Waals surface area contributed by atoms with E-state index in [-0.39, 0.29) is 17.3 Å². The van der Waals surface area contributed by atoms with E-state index in [2.05, 4.69) is 69.3 Å². The molecule has 0 aromatic heterocycles. The summed E-state index contributed by atoms with van der Waals surface area (Å²) in [4.78, 5) is 13.7. The minimum Gasteiger partial charge on any atom is -0.497 e. The van der Waals surface area contributed by atoms with Gasteiger partial charge in [-0.2, -0.15) is 0 Å². The van der Waals surface area contributed by atoms with Gasteiger partial charge in [0.2, 0.25) is 0 Å². The standard InChI is InChI=1S/C28H34O2/c1-27(2,3)24-18-21(19-13-15-22(30-7)16-14-19)17-23(20-11-9-8-10-12-20)25(24)26(29)28(4,5)6/h8-18,23,25H,1-7H3/t23-,25+/m1/s1. The lowest BCUT2D eigenvalue weighted by atomic mass is 9.63. The molecule has 2 aromatic rings. The molecule has 0 spiro atoms. The lowest BCUT2D eigenvalue weighted by Crippen LogP contribution is -2.37. The molecule has 3 rings (SSSR count). The molecule has 0 heterocycles. The number of ketones is 1.